The summed E-state index contributed by atoms with van der Waals surface area (Å²) >= 11 is 0.696. The second-order valence-electron chi connectivity index (χ2n) is 7.21. The van der Waals surface area contributed by atoms with Gasteiger partial charge in [-0.25, -0.2) is 14.2 Å². The van der Waals surface area contributed by atoms with Crippen molar-refractivity contribution in [2.24, 2.45) is 19.1 Å². The molecule has 0 bridgehead atoms. The van der Waals surface area contributed by atoms with Crippen LogP contribution in [0.3, 0.4) is 0 Å². The van der Waals surface area contributed by atoms with Crippen LogP contribution < -0.4 is 16.6 Å². The van der Waals surface area contributed by atoms with Crippen LogP contribution in [0.4, 0.5) is 28.9 Å². The van der Waals surface area contributed by atoms with Crippen molar-refractivity contribution in [2.75, 3.05) is 11.1 Å². The van der Waals surface area contributed by atoms with Crippen LogP contribution in [0.15, 0.2) is 63.1 Å². The van der Waals surface area contributed by atoms with E-state index >= 15 is 0 Å². The molecule has 2 N–H and O–H groups in total. The van der Waals surface area contributed by atoms with Crippen molar-refractivity contribution in [3.05, 3.63) is 86.3 Å². The second-order valence-corrected chi connectivity index (χ2v) is 8.18. The van der Waals surface area contributed by atoms with Gasteiger partial charge in [-0.1, -0.05) is 17.8 Å². The van der Waals surface area contributed by atoms with Gasteiger partial charge >= 0.3 is 11.9 Å². The molecule has 1 amide bonds. The molecule has 0 saturated carbocycles. The van der Waals surface area contributed by atoms with Crippen LogP contribution in [0, 0.1) is 5.82 Å². The summed E-state index contributed by atoms with van der Waals surface area (Å²) in [4.78, 5) is 41.5. The number of rotatable bonds is 5. The van der Waals surface area contributed by atoms with E-state index in [9.17, 15) is 37.1 Å². The van der Waals surface area contributed by atoms with Crippen molar-refractivity contribution in [3.8, 4) is 5.88 Å². The Morgan fingerprint density at radius 1 is 1.09 bits per heavy atom. The van der Waals surface area contributed by atoms with E-state index in [-0.39, 0.29) is 22.0 Å². The number of anilines is 1. The zero-order valence-electron chi connectivity index (χ0n) is 18.3. The molecule has 3 aromatic rings. The third-order valence-corrected chi connectivity index (χ3v) is 5.69. The fourth-order valence-electron chi connectivity index (χ4n) is 2.92. The highest BCUT2D eigenvalue weighted by Gasteiger charge is 2.30. The number of aliphatic imine (C=N–C) groups is 1. The van der Waals surface area contributed by atoms with Crippen LogP contribution in [0.2, 0.25) is 0 Å². The molecule has 0 spiro atoms. The number of carbonyl (C=O) groups is 1. The number of carbonyl (C=O) groups excluding carboxylic acids is 1. The van der Waals surface area contributed by atoms with E-state index in [1.54, 1.807) is 0 Å². The van der Waals surface area contributed by atoms with Gasteiger partial charge in [0.05, 0.1) is 17.0 Å². The van der Waals surface area contributed by atoms with Crippen LogP contribution in [-0.2, 0) is 25.1 Å². The highest BCUT2D eigenvalue weighted by Crippen LogP contribution is 2.31. The van der Waals surface area contributed by atoms with Gasteiger partial charge in [0.2, 0.25) is 11.8 Å². The van der Waals surface area contributed by atoms with E-state index < -0.39 is 46.3 Å². The minimum Gasteiger partial charge on any atom is -0.494 e. The minimum atomic E-state index is -4.59. The third kappa shape index (κ3) is 5.98. The van der Waals surface area contributed by atoms with Crippen molar-refractivity contribution in [1.82, 2.24) is 9.13 Å². The Hall–Kier alpha value is -3.87. The van der Waals surface area contributed by atoms with Gasteiger partial charge in [-0.3, -0.25) is 18.7 Å². The Kier molecular flexibility index (Phi) is 7.48. The summed E-state index contributed by atoms with van der Waals surface area (Å²) in [6.07, 6.45) is -4.59. The predicted octanol–water partition coefficient (Wildman–Crippen LogP) is 3.40. The molecule has 0 aliphatic rings. The number of hydrogen-bond donors (Lipinski definition) is 2. The van der Waals surface area contributed by atoms with Gasteiger partial charge in [-0.05, 0) is 42.5 Å². The lowest BCUT2D eigenvalue weighted by molar-refractivity contribution is -0.137. The highest BCUT2D eigenvalue weighted by molar-refractivity contribution is 8.15. The van der Waals surface area contributed by atoms with Crippen molar-refractivity contribution in [3.63, 3.8) is 0 Å². The summed E-state index contributed by atoms with van der Waals surface area (Å²) < 4.78 is 53.6. The van der Waals surface area contributed by atoms with Gasteiger partial charge in [0.15, 0.2) is 0 Å². The van der Waals surface area contributed by atoms with Crippen molar-refractivity contribution < 1.29 is 27.5 Å². The van der Waals surface area contributed by atoms with E-state index in [1.165, 1.54) is 32.3 Å². The molecule has 0 unspecified atom stereocenters. The number of thioether (sulfide) groups is 1. The van der Waals surface area contributed by atoms with Crippen LogP contribution in [0.1, 0.15) is 11.1 Å². The van der Waals surface area contributed by atoms with E-state index in [4.69, 9.17) is 0 Å². The fraction of sp³-hybridized carbons (Fsp3) is 0.182. The number of halogens is 4. The van der Waals surface area contributed by atoms with Gasteiger partial charge < -0.3 is 10.4 Å². The van der Waals surface area contributed by atoms with Gasteiger partial charge in [0.25, 0.3) is 5.56 Å². The fourth-order valence-corrected chi connectivity index (χ4v) is 3.75. The maximum Gasteiger partial charge on any atom is 0.416 e. The maximum absolute atomic E-state index is 13.3. The molecular formula is C22H18F4N4O4S. The van der Waals surface area contributed by atoms with Crippen molar-refractivity contribution in [1.29, 1.82) is 0 Å². The standard InChI is InChI=1S/C22H18F4N4O4S/c1-29-19(32)17(20(33)30(2)21(29)34)18(28-14-8-6-13(23)7-9-14)35-11-16(31)27-15-5-3-4-12(10-15)22(24,25)26/h3-10,32H,11H2,1-2H3,(H,27,31). The third-order valence-electron chi connectivity index (χ3n) is 4.72. The Morgan fingerprint density at radius 3 is 2.37 bits per heavy atom. The Morgan fingerprint density at radius 2 is 1.74 bits per heavy atom. The number of alkyl halides is 3. The molecule has 0 saturated heterocycles. The molecule has 184 valence electrons. The molecule has 0 radical (unpaired) electrons. The van der Waals surface area contributed by atoms with Crippen LogP contribution in [-0.4, -0.2) is 30.9 Å². The van der Waals surface area contributed by atoms with Gasteiger partial charge in [0.1, 0.15) is 16.4 Å². The minimum absolute atomic E-state index is 0.0942. The first-order valence-electron chi connectivity index (χ1n) is 9.82. The van der Waals surface area contributed by atoms with Crippen LogP contribution in [0.25, 0.3) is 0 Å². The van der Waals surface area contributed by atoms with E-state index in [0.29, 0.717) is 11.8 Å². The molecule has 8 nitrogen and oxygen atoms in total. The monoisotopic (exact) mass is 510 g/mol. The smallest absolute Gasteiger partial charge is 0.416 e. The first-order chi connectivity index (χ1) is 16.4. The molecule has 0 aliphatic heterocycles. The van der Waals surface area contributed by atoms with Gasteiger partial charge in [-0.2, -0.15) is 13.2 Å². The van der Waals surface area contributed by atoms with E-state index in [1.807, 2.05) is 0 Å². The summed E-state index contributed by atoms with van der Waals surface area (Å²) in [5.41, 5.74) is -2.93. The average molecular weight is 510 g/mol. The van der Waals surface area contributed by atoms with E-state index in [2.05, 4.69) is 10.3 Å². The summed E-state index contributed by atoms with van der Waals surface area (Å²) in [6.45, 7) is 0. The SMILES string of the molecule is Cn1c(O)c(C(=Nc2ccc(F)cc2)SCC(=O)Nc2cccc(C(F)(F)F)c2)c(=O)n(C)c1=O. The first-order valence-corrected chi connectivity index (χ1v) is 10.8. The first kappa shape index (κ1) is 25.7. The number of amides is 1. The average Bonchev–Trinajstić information content (AvgIpc) is 2.81. The molecule has 2 aromatic carbocycles. The van der Waals surface area contributed by atoms with Gasteiger partial charge in [0, 0.05) is 19.8 Å². The van der Waals surface area contributed by atoms with E-state index in [0.717, 1.165) is 39.5 Å². The molecule has 35 heavy (non-hydrogen) atoms. The zero-order valence-corrected chi connectivity index (χ0v) is 19.1. The van der Waals surface area contributed by atoms with Crippen molar-refractivity contribution >= 4 is 34.1 Å². The predicted molar refractivity (Wildman–Crippen MR) is 124 cm³/mol. The summed E-state index contributed by atoms with van der Waals surface area (Å²) in [5, 5.41) is 12.6. The Bertz CT molecular complexity index is 1410. The lowest BCUT2D eigenvalue weighted by atomic mass is 10.2. The Labute approximate surface area is 199 Å². The number of nitrogens with zero attached hydrogens (tertiary/aromatic N) is 3. The molecular weight excluding hydrogens is 492 g/mol. The number of hydrogen-bond acceptors (Lipinski definition) is 6. The molecule has 0 atom stereocenters. The topological polar surface area (TPSA) is 106 Å². The quantitative estimate of drug-likeness (QED) is 0.311. The van der Waals surface area contributed by atoms with Crippen molar-refractivity contribution in [2.45, 2.75) is 6.18 Å². The molecule has 1 aromatic heterocycles. The number of benzene rings is 2. The maximum atomic E-state index is 13.3. The summed E-state index contributed by atoms with van der Waals surface area (Å²) in [6, 6.07) is 8.85. The number of aromatic nitrogens is 2. The number of aromatic hydroxyl groups is 1. The molecule has 3 rings (SSSR count). The molecule has 0 aliphatic carbocycles. The summed E-state index contributed by atoms with van der Waals surface area (Å²) in [5.74, 6) is -2.38. The largest absolute Gasteiger partial charge is 0.494 e. The number of nitrogens with one attached hydrogen (secondary N) is 1. The molecule has 0 fully saturated rings. The zero-order chi connectivity index (χ0) is 25.9. The lowest BCUT2D eigenvalue weighted by Crippen LogP contribution is -2.39. The lowest BCUT2D eigenvalue weighted by Gasteiger charge is -2.13. The summed E-state index contributed by atoms with van der Waals surface area (Å²) in [7, 11) is 2.41. The van der Waals surface area contributed by atoms with Crippen LogP contribution in [0.5, 0.6) is 5.88 Å². The second kappa shape index (κ2) is 10.2. The normalized spacial score (nSPS) is 12.0. The Balaban J connectivity index is 1.94. The highest BCUT2D eigenvalue weighted by atomic mass is 32.2. The molecule has 13 heteroatoms. The van der Waals surface area contributed by atoms with Gasteiger partial charge in [-0.15, -0.1) is 0 Å². The molecule has 1 heterocycles. The van der Waals surface area contributed by atoms with Crippen LogP contribution >= 0.6 is 11.8 Å².